The maximum atomic E-state index is 2.81. The van der Waals surface area contributed by atoms with Crippen molar-refractivity contribution in [2.24, 2.45) is 10.8 Å². The van der Waals surface area contributed by atoms with Gasteiger partial charge in [0, 0.05) is 31.2 Å². The highest BCUT2D eigenvalue weighted by Gasteiger charge is 2.42. The van der Waals surface area contributed by atoms with Gasteiger partial charge in [0.1, 0.15) is 0 Å². The van der Waals surface area contributed by atoms with Crippen molar-refractivity contribution in [3.63, 3.8) is 0 Å². The Labute approximate surface area is 150 Å². The van der Waals surface area contributed by atoms with Gasteiger partial charge in [-0.3, -0.25) is 14.7 Å². The van der Waals surface area contributed by atoms with Crippen LogP contribution < -0.4 is 0 Å². The molecule has 0 unspecified atom stereocenters. The van der Waals surface area contributed by atoms with Gasteiger partial charge in [-0.25, -0.2) is 0 Å². The number of rotatable bonds is 2. The first-order chi connectivity index (χ1) is 11.1. The number of hydrogen-bond donors (Lipinski definition) is 0. The van der Waals surface area contributed by atoms with Crippen molar-refractivity contribution in [1.29, 1.82) is 0 Å². The second kappa shape index (κ2) is 6.55. The molecule has 3 aliphatic heterocycles. The predicted octanol–water partition coefficient (Wildman–Crippen LogP) is 3.69. The molecule has 0 atom stereocenters. The van der Waals surface area contributed by atoms with E-state index in [0.29, 0.717) is 16.4 Å². The number of hydrogen-bond acceptors (Lipinski definition) is 3. The molecule has 0 aliphatic carbocycles. The van der Waals surface area contributed by atoms with Gasteiger partial charge in [-0.15, -0.1) is 0 Å². The largest absolute Gasteiger partial charge is 0.300 e. The summed E-state index contributed by atoms with van der Waals surface area (Å²) in [5, 5.41) is 0. The third kappa shape index (κ3) is 4.34. The number of likely N-dealkylation sites (tertiary alicyclic amines) is 3. The fourth-order valence-corrected chi connectivity index (χ4v) is 5.09. The average molecular weight is 336 g/mol. The van der Waals surface area contributed by atoms with Crippen LogP contribution >= 0.6 is 0 Å². The van der Waals surface area contributed by atoms with Crippen LogP contribution in [-0.4, -0.2) is 72.1 Å². The molecule has 0 N–H and O–H groups in total. The van der Waals surface area contributed by atoms with Gasteiger partial charge in [-0.1, -0.05) is 20.8 Å². The molecule has 0 bridgehead atoms. The summed E-state index contributed by atoms with van der Waals surface area (Å²) in [4.78, 5) is 8.15. The Morgan fingerprint density at radius 1 is 0.792 bits per heavy atom. The zero-order chi connectivity index (χ0) is 17.6. The minimum atomic E-state index is 0.352. The monoisotopic (exact) mass is 335 g/mol. The Morgan fingerprint density at radius 3 is 1.75 bits per heavy atom. The first kappa shape index (κ1) is 18.7. The van der Waals surface area contributed by atoms with Crippen LogP contribution in [-0.2, 0) is 0 Å². The lowest BCUT2D eigenvalue weighted by Gasteiger charge is -2.53. The van der Waals surface area contributed by atoms with E-state index in [-0.39, 0.29) is 0 Å². The van der Waals surface area contributed by atoms with Gasteiger partial charge in [-0.05, 0) is 83.5 Å². The summed E-state index contributed by atoms with van der Waals surface area (Å²) in [7, 11) is 0. The van der Waals surface area contributed by atoms with Crippen LogP contribution in [0.25, 0.3) is 0 Å². The molecule has 3 heterocycles. The van der Waals surface area contributed by atoms with Crippen LogP contribution in [0.3, 0.4) is 0 Å². The lowest BCUT2D eigenvalue weighted by Crippen LogP contribution is -2.63. The van der Waals surface area contributed by atoms with Gasteiger partial charge in [0.15, 0.2) is 0 Å². The summed E-state index contributed by atoms with van der Waals surface area (Å²) < 4.78 is 0. The molecule has 0 saturated carbocycles. The Morgan fingerprint density at radius 2 is 1.29 bits per heavy atom. The molecule has 24 heavy (non-hydrogen) atoms. The van der Waals surface area contributed by atoms with Crippen LogP contribution in [0.2, 0.25) is 0 Å². The molecule has 3 aliphatic rings. The van der Waals surface area contributed by atoms with Gasteiger partial charge in [0.25, 0.3) is 0 Å². The van der Waals surface area contributed by atoms with E-state index in [1.807, 2.05) is 0 Å². The molecule has 0 radical (unpaired) electrons. The van der Waals surface area contributed by atoms with Crippen molar-refractivity contribution in [3.8, 4) is 0 Å². The molecule has 0 aromatic rings. The van der Waals surface area contributed by atoms with Crippen LogP contribution in [0, 0.1) is 10.8 Å². The van der Waals surface area contributed by atoms with E-state index < -0.39 is 0 Å². The minimum absolute atomic E-state index is 0.352. The van der Waals surface area contributed by atoms with Gasteiger partial charge in [-0.2, -0.15) is 0 Å². The van der Waals surface area contributed by atoms with Crippen LogP contribution in [0.1, 0.15) is 67.2 Å². The Kier molecular flexibility index (Phi) is 5.10. The van der Waals surface area contributed by atoms with Crippen LogP contribution in [0.15, 0.2) is 0 Å². The molecule has 0 amide bonds. The fraction of sp³-hybridized carbons (Fsp3) is 1.00. The first-order valence-electron chi connectivity index (χ1n) is 10.3. The Bertz CT molecular complexity index is 407. The zero-order valence-corrected chi connectivity index (χ0v) is 17.2. The standard InChI is InChI=1S/C21H41N3/c1-19(2,3)17-22-15-18(16-22)23-11-7-21(8-12-23)9-13-24(14-10-21)20(4,5)6/h18H,7-17H2,1-6H3. The van der Waals surface area contributed by atoms with E-state index >= 15 is 0 Å². The molecular formula is C21H41N3. The fourth-order valence-electron chi connectivity index (χ4n) is 5.09. The minimum Gasteiger partial charge on any atom is -0.300 e. The average Bonchev–Trinajstić information content (AvgIpc) is 2.42. The molecule has 3 heteroatoms. The molecule has 3 fully saturated rings. The first-order valence-corrected chi connectivity index (χ1v) is 10.3. The summed E-state index contributed by atoms with van der Waals surface area (Å²) in [5.74, 6) is 0. The molecular weight excluding hydrogens is 294 g/mol. The third-order valence-electron chi connectivity index (χ3n) is 6.78. The van der Waals surface area contributed by atoms with Crippen LogP contribution in [0.4, 0.5) is 0 Å². The van der Waals surface area contributed by atoms with Gasteiger partial charge in [0.2, 0.25) is 0 Å². The summed E-state index contributed by atoms with van der Waals surface area (Å²) >= 11 is 0. The summed E-state index contributed by atoms with van der Waals surface area (Å²) in [6.45, 7) is 23.4. The summed E-state index contributed by atoms with van der Waals surface area (Å²) in [6, 6.07) is 0.847. The van der Waals surface area contributed by atoms with E-state index in [0.717, 1.165) is 6.04 Å². The topological polar surface area (TPSA) is 9.72 Å². The smallest absolute Gasteiger partial charge is 0.0350 e. The van der Waals surface area contributed by atoms with E-state index in [1.54, 1.807) is 0 Å². The second-order valence-electron chi connectivity index (χ2n) is 11.1. The normalized spacial score (nSPS) is 28.2. The Hall–Kier alpha value is -0.120. The van der Waals surface area contributed by atoms with Gasteiger partial charge < -0.3 is 0 Å². The van der Waals surface area contributed by atoms with Gasteiger partial charge >= 0.3 is 0 Å². The van der Waals surface area contributed by atoms with Crippen LogP contribution in [0.5, 0.6) is 0 Å². The lowest BCUT2D eigenvalue weighted by molar-refractivity contribution is -0.0400. The van der Waals surface area contributed by atoms with E-state index in [1.165, 1.54) is 71.5 Å². The lowest BCUT2D eigenvalue weighted by atomic mass is 9.70. The van der Waals surface area contributed by atoms with Crippen molar-refractivity contribution in [1.82, 2.24) is 14.7 Å². The molecule has 140 valence electrons. The number of piperidine rings is 2. The SMILES string of the molecule is CC(C)(C)CN1CC(N2CCC3(CC2)CCN(C(C)(C)C)CC3)C1. The highest BCUT2D eigenvalue weighted by atomic mass is 15.3. The Balaban J connectivity index is 1.41. The van der Waals surface area contributed by atoms with E-state index in [4.69, 9.17) is 0 Å². The van der Waals surface area contributed by atoms with Gasteiger partial charge in [0.05, 0.1) is 0 Å². The quantitative estimate of drug-likeness (QED) is 0.762. The van der Waals surface area contributed by atoms with Crippen molar-refractivity contribution < 1.29 is 0 Å². The van der Waals surface area contributed by atoms with E-state index in [9.17, 15) is 0 Å². The predicted molar refractivity (Wildman–Crippen MR) is 103 cm³/mol. The summed E-state index contributed by atoms with van der Waals surface area (Å²) in [6.07, 6.45) is 5.75. The number of nitrogens with zero attached hydrogens (tertiary/aromatic N) is 3. The molecule has 3 nitrogen and oxygen atoms in total. The van der Waals surface area contributed by atoms with E-state index in [2.05, 4.69) is 56.2 Å². The molecule has 0 aromatic carbocycles. The maximum Gasteiger partial charge on any atom is 0.0350 e. The van der Waals surface area contributed by atoms with Crippen molar-refractivity contribution in [2.75, 3.05) is 45.8 Å². The van der Waals surface area contributed by atoms with Crippen molar-refractivity contribution in [2.45, 2.75) is 78.8 Å². The third-order valence-corrected chi connectivity index (χ3v) is 6.78. The van der Waals surface area contributed by atoms with Crippen molar-refractivity contribution >= 4 is 0 Å². The second-order valence-corrected chi connectivity index (χ2v) is 11.1. The maximum absolute atomic E-state index is 2.81. The highest BCUT2D eigenvalue weighted by Crippen LogP contribution is 2.43. The summed E-state index contributed by atoms with van der Waals surface area (Å²) in [5.41, 5.74) is 1.47. The molecule has 1 spiro atoms. The molecule has 0 aromatic heterocycles. The highest BCUT2D eigenvalue weighted by molar-refractivity contribution is 4.97. The van der Waals surface area contributed by atoms with Crippen molar-refractivity contribution in [3.05, 3.63) is 0 Å². The molecule has 3 saturated heterocycles. The zero-order valence-electron chi connectivity index (χ0n) is 17.2. The molecule has 3 rings (SSSR count).